The summed E-state index contributed by atoms with van der Waals surface area (Å²) in [4.78, 5) is 14.5. The Balaban J connectivity index is 2.07. The van der Waals surface area contributed by atoms with Gasteiger partial charge in [-0.15, -0.1) is 0 Å². The highest BCUT2D eigenvalue weighted by Gasteiger charge is 2.44. The summed E-state index contributed by atoms with van der Waals surface area (Å²) in [6.45, 7) is 6.18. The number of nitrogens with zero attached hydrogens (tertiary/aromatic N) is 1. The molecule has 122 valence electrons. The maximum Gasteiger partial charge on any atom is 0.323 e. The lowest BCUT2D eigenvalue weighted by Crippen LogP contribution is -2.59. The molecule has 0 radical (unpaired) electrons. The minimum absolute atomic E-state index is 0.437. The number of rotatable bonds is 7. The second-order valence-electron chi connectivity index (χ2n) is 6.83. The molecule has 21 heavy (non-hydrogen) atoms. The molecule has 0 aromatic rings. The lowest BCUT2D eigenvalue weighted by Gasteiger charge is -2.44. The quantitative estimate of drug-likeness (QED) is 0.758. The molecule has 0 aliphatic heterocycles. The van der Waals surface area contributed by atoms with Gasteiger partial charge in [0.05, 0.1) is 0 Å². The number of carboxylic acids is 1. The molecule has 2 unspecified atom stereocenters. The molecule has 2 rings (SSSR count). The number of carboxylic acid groups (broad SMARTS) is 1. The van der Waals surface area contributed by atoms with E-state index in [2.05, 4.69) is 24.1 Å². The zero-order valence-corrected chi connectivity index (χ0v) is 13.7. The van der Waals surface area contributed by atoms with Crippen molar-refractivity contribution in [2.45, 2.75) is 89.3 Å². The van der Waals surface area contributed by atoms with Gasteiger partial charge in [-0.2, -0.15) is 0 Å². The van der Waals surface area contributed by atoms with Crippen molar-refractivity contribution in [3.05, 3.63) is 0 Å². The normalized spacial score (nSPS) is 30.9. The predicted molar refractivity (Wildman–Crippen MR) is 85.6 cm³/mol. The van der Waals surface area contributed by atoms with Crippen LogP contribution < -0.4 is 5.32 Å². The van der Waals surface area contributed by atoms with E-state index in [1.165, 1.54) is 25.7 Å². The van der Waals surface area contributed by atoms with Gasteiger partial charge in [-0.05, 0) is 58.0 Å². The summed E-state index contributed by atoms with van der Waals surface area (Å²) in [6, 6.07) is 1.13. The Morgan fingerprint density at radius 1 is 1.19 bits per heavy atom. The van der Waals surface area contributed by atoms with Crippen LogP contribution in [0.5, 0.6) is 0 Å². The van der Waals surface area contributed by atoms with E-state index in [-0.39, 0.29) is 0 Å². The van der Waals surface area contributed by atoms with Crippen LogP contribution in [0.3, 0.4) is 0 Å². The highest BCUT2D eigenvalue weighted by atomic mass is 16.4. The highest BCUT2D eigenvalue weighted by Crippen LogP contribution is 2.35. The Morgan fingerprint density at radius 3 is 2.43 bits per heavy atom. The second kappa shape index (κ2) is 7.59. The van der Waals surface area contributed by atoms with E-state index >= 15 is 0 Å². The van der Waals surface area contributed by atoms with Crippen molar-refractivity contribution in [1.29, 1.82) is 0 Å². The summed E-state index contributed by atoms with van der Waals surface area (Å²) < 4.78 is 0. The number of aliphatic carboxylic acids is 1. The van der Waals surface area contributed by atoms with Crippen LogP contribution in [0.15, 0.2) is 0 Å². The van der Waals surface area contributed by atoms with Gasteiger partial charge in [0.1, 0.15) is 5.54 Å². The lowest BCUT2D eigenvalue weighted by molar-refractivity contribution is -0.147. The monoisotopic (exact) mass is 296 g/mol. The van der Waals surface area contributed by atoms with Gasteiger partial charge in [0.2, 0.25) is 0 Å². The fourth-order valence-corrected chi connectivity index (χ4v) is 4.37. The van der Waals surface area contributed by atoms with Crippen molar-refractivity contribution < 1.29 is 9.90 Å². The summed E-state index contributed by atoms with van der Waals surface area (Å²) >= 11 is 0. The van der Waals surface area contributed by atoms with Gasteiger partial charge in [-0.1, -0.05) is 26.7 Å². The zero-order valence-electron chi connectivity index (χ0n) is 13.7. The van der Waals surface area contributed by atoms with E-state index in [0.29, 0.717) is 12.1 Å². The Hall–Kier alpha value is -0.610. The molecule has 0 aromatic carbocycles. The van der Waals surface area contributed by atoms with Crippen molar-refractivity contribution in [2.75, 3.05) is 13.1 Å². The third kappa shape index (κ3) is 3.78. The topological polar surface area (TPSA) is 52.6 Å². The SMILES string of the molecule is CCCNC1(C(=O)O)CCCC(N(CC)C2CCCC2)C1. The van der Waals surface area contributed by atoms with Crippen LogP contribution in [0.4, 0.5) is 0 Å². The molecule has 0 aromatic heterocycles. The molecule has 2 fully saturated rings. The molecule has 0 saturated heterocycles. The molecule has 0 bridgehead atoms. The average Bonchev–Trinajstić information content (AvgIpc) is 3.00. The predicted octanol–water partition coefficient (Wildman–Crippen LogP) is 3.02. The van der Waals surface area contributed by atoms with Crippen LogP contribution in [-0.2, 0) is 4.79 Å². The second-order valence-corrected chi connectivity index (χ2v) is 6.83. The van der Waals surface area contributed by atoms with Crippen molar-refractivity contribution in [3.8, 4) is 0 Å². The Bertz CT molecular complexity index is 342. The molecule has 4 nitrogen and oxygen atoms in total. The number of hydrogen-bond acceptors (Lipinski definition) is 3. The molecular weight excluding hydrogens is 264 g/mol. The highest BCUT2D eigenvalue weighted by molar-refractivity contribution is 5.79. The van der Waals surface area contributed by atoms with Crippen LogP contribution >= 0.6 is 0 Å². The largest absolute Gasteiger partial charge is 0.480 e. The van der Waals surface area contributed by atoms with E-state index in [4.69, 9.17) is 0 Å². The third-order valence-corrected chi connectivity index (χ3v) is 5.48. The van der Waals surface area contributed by atoms with Gasteiger partial charge in [-0.25, -0.2) is 0 Å². The number of carbonyl (C=O) groups is 1. The summed E-state index contributed by atoms with van der Waals surface area (Å²) in [6.07, 6.45) is 10.00. The molecule has 2 aliphatic rings. The van der Waals surface area contributed by atoms with Gasteiger partial charge < -0.3 is 10.4 Å². The van der Waals surface area contributed by atoms with Crippen molar-refractivity contribution >= 4 is 5.97 Å². The minimum atomic E-state index is -0.690. The first kappa shape index (κ1) is 16.8. The molecule has 0 spiro atoms. The summed E-state index contributed by atoms with van der Waals surface area (Å²) in [7, 11) is 0. The van der Waals surface area contributed by atoms with E-state index < -0.39 is 11.5 Å². The maximum atomic E-state index is 11.9. The van der Waals surface area contributed by atoms with Crippen molar-refractivity contribution in [2.24, 2.45) is 0 Å². The Morgan fingerprint density at radius 2 is 1.86 bits per heavy atom. The molecule has 2 atom stereocenters. The molecule has 0 amide bonds. The summed E-state index contributed by atoms with van der Waals surface area (Å²) in [5.41, 5.74) is -0.690. The van der Waals surface area contributed by atoms with Crippen LogP contribution in [0.1, 0.15) is 71.6 Å². The standard InChI is InChI=1S/C17H32N2O2/c1-3-12-18-17(16(20)21)11-7-10-15(13-17)19(4-2)14-8-5-6-9-14/h14-15,18H,3-13H2,1-2H3,(H,20,21). The van der Waals surface area contributed by atoms with E-state index in [1.54, 1.807) is 0 Å². The van der Waals surface area contributed by atoms with Gasteiger partial charge >= 0.3 is 5.97 Å². The van der Waals surface area contributed by atoms with Gasteiger partial charge in [0.15, 0.2) is 0 Å². The van der Waals surface area contributed by atoms with Crippen LogP contribution in [0.25, 0.3) is 0 Å². The van der Waals surface area contributed by atoms with Gasteiger partial charge in [0, 0.05) is 12.1 Å². The smallest absolute Gasteiger partial charge is 0.323 e. The van der Waals surface area contributed by atoms with Crippen molar-refractivity contribution in [1.82, 2.24) is 10.2 Å². The Labute approximate surface area is 129 Å². The first-order valence-electron chi connectivity index (χ1n) is 8.87. The third-order valence-electron chi connectivity index (χ3n) is 5.48. The van der Waals surface area contributed by atoms with Crippen molar-refractivity contribution in [3.63, 3.8) is 0 Å². The summed E-state index contributed by atoms with van der Waals surface area (Å²) in [5.74, 6) is -0.650. The molecule has 0 heterocycles. The van der Waals surface area contributed by atoms with Crippen LogP contribution in [0.2, 0.25) is 0 Å². The maximum absolute atomic E-state index is 11.9. The number of nitrogens with one attached hydrogen (secondary N) is 1. The van der Waals surface area contributed by atoms with Gasteiger partial charge in [-0.3, -0.25) is 9.69 Å². The molecular formula is C17H32N2O2. The fraction of sp³-hybridized carbons (Fsp3) is 0.941. The Kier molecular flexibility index (Phi) is 6.06. The first-order valence-corrected chi connectivity index (χ1v) is 8.87. The average molecular weight is 296 g/mol. The fourth-order valence-electron chi connectivity index (χ4n) is 4.37. The van der Waals surface area contributed by atoms with Crippen LogP contribution in [0, 0.1) is 0 Å². The van der Waals surface area contributed by atoms with E-state index in [1.807, 2.05) is 0 Å². The van der Waals surface area contributed by atoms with Gasteiger partial charge in [0.25, 0.3) is 0 Å². The zero-order chi connectivity index (χ0) is 15.3. The summed E-state index contributed by atoms with van der Waals surface area (Å²) in [5, 5.41) is 13.1. The number of hydrogen-bond donors (Lipinski definition) is 2. The van der Waals surface area contributed by atoms with Crippen LogP contribution in [-0.4, -0.2) is 46.7 Å². The van der Waals surface area contributed by atoms with E-state index in [9.17, 15) is 9.90 Å². The molecule has 2 aliphatic carbocycles. The van der Waals surface area contributed by atoms with E-state index in [0.717, 1.165) is 45.2 Å². The molecule has 2 N–H and O–H groups in total. The first-order chi connectivity index (χ1) is 10.1. The minimum Gasteiger partial charge on any atom is -0.480 e. The molecule has 2 saturated carbocycles. The lowest BCUT2D eigenvalue weighted by atomic mass is 9.77. The molecule has 4 heteroatoms.